The number of halogens is 2. The Labute approximate surface area is 119 Å². The van der Waals surface area contributed by atoms with Crippen molar-refractivity contribution in [2.45, 2.75) is 5.88 Å². The summed E-state index contributed by atoms with van der Waals surface area (Å²) in [5, 5.41) is 8.98. The van der Waals surface area contributed by atoms with Gasteiger partial charge >= 0.3 is 0 Å². The molecule has 3 aromatic rings. The van der Waals surface area contributed by atoms with E-state index < -0.39 is 0 Å². The summed E-state index contributed by atoms with van der Waals surface area (Å²) in [6.07, 6.45) is 0. The predicted molar refractivity (Wildman–Crippen MR) is 75.3 cm³/mol. The zero-order valence-corrected chi connectivity index (χ0v) is 11.1. The summed E-state index contributed by atoms with van der Waals surface area (Å²) in [5.74, 6) is 0.316. The van der Waals surface area contributed by atoms with Gasteiger partial charge in [-0.2, -0.15) is 5.26 Å². The van der Waals surface area contributed by atoms with E-state index in [2.05, 4.69) is 11.1 Å². The highest BCUT2D eigenvalue weighted by molar-refractivity contribution is 6.17. The Bertz CT molecular complexity index is 833. The van der Waals surface area contributed by atoms with Crippen LogP contribution in [-0.2, 0) is 5.88 Å². The van der Waals surface area contributed by atoms with Crippen LogP contribution in [0.2, 0.25) is 0 Å². The van der Waals surface area contributed by atoms with Gasteiger partial charge in [-0.1, -0.05) is 12.1 Å². The van der Waals surface area contributed by atoms with E-state index in [1.165, 1.54) is 6.07 Å². The molecule has 0 aliphatic carbocycles. The molecule has 0 amide bonds. The van der Waals surface area contributed by atoms with Gasteiger partial charge in [0, 0.05) is 5.69 Å². The SMILES string of the molecule is N#Cc1cccc(-n2c(CCl)nc3c(F)cccc32)c1. The number of aromatic nitrogens is 2. The van der Waals surface area contributed by atoms with Crippen molar-refractivity contribution in [3.63, 3.8) is 0 Å². The van der Waals surface area contributed by atoms with E-state index in [9.17, 15) is 4.39 Å². The average molecular weight is 286 g/mol. The Morgan fingerprint density at radius 1 is 1.25 bits per heavy atom. The normalized spacial score (nSPS) is 10.7. The fraction of sp³-hybridized carbons (Fsp3) is 0.0667. The van der Waals surface area contributed by atoms with Gasteiger partial charge in [-0.05, 0) is 30.3 Å². The van der Waals surface area contributed by atoms with E-state index in [0.29, 0.717) is 16.9 Å². The molecule has 0 saturated carbocycles. The van der Waals surface area contributed by atoms with Crippen LogP contribution in [0.25, 0.3) is 16.7 Å². The number of nitrogens with zero attached hydrogens (tertiary/aromatic N) is 3. The molecule has 98 valence electrons. The van der Waals surface area contributed by atoms with Crippen molar-refractivity contribution in [3.8, 4) is 11.8 Å². The van der Waals surface area contributed by atoms with Gasteiger partial charge in [-0.25, -0.2) is 9.37 Å². The van der Waals surface area contributed by atoms with Crippen LogP contribution in [0.4, 0.5) is 4.39 Å². The van der Waals surface area contributed by atoms with Crippen LogP contribution in [0.5, 0.6) is 0 Å². The zero-order valence-electron chi connectivity index (χ0n) is 10.3. The van der Waals surface area contributed by atoms with E-state index in [0.717, 1.165) is 5.69 Å². The minimum atomic E-state index is -0.385. The summed E-state index contributed by atoms with van der Waals surface area (Å²) in [5.41, 5.74) is 2.19. The van der Waals surface area contributed by atoms with E-state index in [1.807, 2.05) is 6.07 Å². The van der Waals surface area contributed by atoms with Crippen molar-refractivity contribution in [1.29, 1.82) is 5.26 Å². The third-order valence-corrected chi connectivity index (χ3v) is 3.30. The molecule has 0 radical (unpaired) electrons. The standard InChI is InChI=1S/C15H9ClFN3/c16-8-14-19-15-12(17)5-2-6-13(15)20(14)11-4-1-3-10(7-11)9-18/h1-7H,8H2. The lowest BCUT2D eigenvalue weighted by molar-refractivity contribution is 0.637. The minimum absolute atomic E-state index is 0.158. The Morgan fingerprint density at radius 2 is 2.05 bits per heavy atom. The molecular formula is C15H9ClFN3. The number of benzene rings is 2. The van der Waals surface area contributed by atoms with Crippen LogP contribution in [0, 0.1) is 17.1 Å². The number of hydrogen-bond acceptors (Lipinski definition) is 2. The lowest BCUT2D eigenvalue weighted by atomic mass is 10.2. The quantitative estimate of drug-likeness (QED) is 0.673. The molecule has 0 bridgehead atoms. The predicted octanol–water partition coefficient (Wildman–Crippen LogP) is 3.78. The van der Waals surface area contributed by atoms with Crippen molar-refractivity contribution in [3.05, 3.63) is 59.7 Å². The van der Waals surface area contributed by atoms with Crippen LogP contribution in [0.1, 0.15) is 11.4 Å². The molecule has 0 N–H and O–H groups in total. The second-order valence-corrected chi connectivity index (χ2v) is 4.53. The lowest BCUT2D eigenvalue weighted by Gasteiger charge is -2.07. The molecule has 1 heterocycles. The second kappa shape index (κ2) is 4.95. The molecule has 5 heteroatoms. The summed E-state index contributed by atoms with van der Waals surface area (Å²) in [7, 11) is 0. The minimum Gasteiger partial charge on any atom is -0.295 e. The molecule has 0 aliphatic rings. The smallest absolute Gasteiger partial charge is 0.151 e. The summed E-state index contributed by atoms with van der Waals surface area (Å²) in [6.45, 7) is 0. The van der Waals surface area contributed by atoms with Crippen LogP contribution >= 0.6 is 11.6 Å². The number of alkyl halides is 1. The van der Waals surface area contributed by atoms with Gasteiger partial charge in [-0.15, -0.1) is 11.6 Å². The molecule has 0 atom stereocenters. The molecular weight excluding hydrogens is 277 g/mol. The molecule has 3 nitrogen and oxygen atoms in total. The molecule has 1 aromatic heterocycles. The van der Waals surface area contributed by atoms with E-state index in [1.54, 1.807) is 34.9 Å². The van der Waals surface area contributed by atoms with Gasteiger partial charge in [0.1, 0.15) is 11.3 Å². The van der Waals surface area contributed by atoms with Crippen LogP contribution < -0.4 is 0 Å². The van der Waals surface area contributed by atoms with Gasteiger partial charge in [-0.3, -0.25) is 4.57 Å². The maximum absolute atomic E-state index is 13.8. The largest absolute Gasteiger partial charge is 0.295 e. The maximum atomic E-state index is 13.8. The van der Waals surface area contributed by atoms with E-state index in [4.69, 9.17) is 16.9 Å². The number of para-hydroxylation sites is 1. The Balaban J connectivity index is 2.34. The molecule has 0 unspecified atom stereocenters. The number of imidazole rings is 1. The molecule has 2 aromatic carbocycles. The summed E-state index contributed by atoms with van der Waals surface area (Å²) in [6, 6.07) is 13.9. The highest BCUT2D eigenvalue weighted by Crippen LogP contribution is 2.24. The van der Waals surface area contributed by atoms with Crippen LogP contribution in [0.3, 0.4) is 0 Å². The van der Waals surface area contributed by atoms with Crippen molar-refractivity contribution in [2.24, 2.45) is 0 Å². The molecule has 0 saturated heterocycles. The third kappa shape index (κ3) is 1.93. The molecule has 0 aliphatic heterocycles. The molecule has 3 rings (SSSR count). The Kier molecular flexibility index (Phi) is 3.13. The number of rotatable bonds is 2. The molecule has 0 spiro atoms. The number of fused-ring (bicyclic) bond motifs is 1. The highest BCUT2D eigenvalue weighted by atomic mass is 35.5. The van der Waals surface area contributed by atoms with Crippen molar-refractivity contribution < 1.29 is 4.39 Å². The van der Waals surface area contributed by atoms with Gasteiger partial charge < -0.3 is 0 Å². The first-order chi connectivity index (χ1) is 9.74. The maximum Gasteiger partial charge on any atom is 0.151 e. The van der Waals surface area contributed by atoms with Crippen LogP contribution in [0.15, 0.2) is 42.5 Å². The van der Waals surface area contributed by atoms with Gasteiger partial charge in [0.05, 0.1) is 23.0 Å². The van der Waals surface area contributed by atoms with Gasteiger partial charge in [0.15, 0.2) is 5.82 Å². The fourth-order valence-corrected chi connectivity index (χ4v) is 2.38. The monoisotopic (exact) mass is 285 g/mol. The summed E-state index contributed by atoms with van der Waals surface area (Å²) < 4.78 is 15.6. The highest BCUT2D eigenvalue weighted by Gasteiger charge is 2.14. The first kappa shape index (κ1) is 12.6. The second-order valence-electron chi connectivity index (χ2n) is 4.27. The summed E-state index contributed by atoms with van der Waals surface area (Å²) >= 11 is 5.91. The van der Waals surface area contributed by atoms with Gasteiger partial charge in [0.25, 0.3) is 0 Å². The fourth-order valence-electron chi connectivity index (χ4n) is 2.21. The molecule has 0 fully saturated rings. The first-order valence-electron chi connectivity index (χ1n) is 5.97. The average Bonchev–Trinajstić information content (AvgIpc) is 2.87. The zero-order chi connectivity index (χ0) is 14.1. The van der Waals surface area contributed by atoms with Crippen molar-refractivity contribution >= 4 is 22.6 Å². The Morgan fingerprint density at radius 3 is 2.80 bits per heavy atom. The topological polar surface area (TPSA) is 41.6 Å². The van der Waals surface area contributed by atoms with Crippen molar-refractivity contribution in [1.82, 2.24) is 9.55 Å². The number of nitriles is 1. The lowest BCUT2D eigenvalue weighted by Crippen LogP contribution is -1.99. The van der Waals surface area contributed by atoms with E-state index in [-0.39, 0.29) is 17.2 Å². The van der Waals surface area contributed by atoms with Crippen molar-refractivity contribution in [2.75, 3.05) is 0 Å². The van der Waals surface area contributed by atoms with Gasteiger partial charge in [0.2, 0.25) is 0 Å². The first-order valence-corrected chi connectivity index (χ1v) is 6.50. The number of hydrogen-bond donors (Lipinski definition) is 0. The summed E-state index contributed by atoms with van der Waals surface area (Å²) in [4.78, 5) is 4.24. The Hall–Kier alpha value is -2.38. The van der Waals surface area contributed by atoms with E-state index >= 15 is 0 Å². The third-order valence-electron chi connectivity index (χ3n) is 3.06. The van der Waals surface area contributed by atoms with Crippen LogP contribution in [-0.4, -0.2) is 9.55 Å². The molecule has 20 heavy (non-hydrogen) atoms.